The Bertz CT molecular complexity index is 1170. The maximum atomic E-state index is 13.1. The number of nitrogens with one attached hydrogen (secondary N) is 1. The molecule has 162 valence electrons. The largest absolute Gasteiger partial charge is 0.301 e. The number of carbonyl (C=O) groups is 1. The van der Waals surface area contributed by atoms with Gasteiger partial charge < -0.3 is 5.32 Å². The molecular formula is C23H25N3O3S2. The van der Waals surface area contributed by atoms with E-state index in [0.717, 1.165) is 23.2 Å². The molecule has 1 amide bonds. The lowest BCUT2D eigenvalue weighted by atomic mass is 10.1. The molecule has 8 heteroatoms. The molecular weight excluding hydrogens is 430 g/mol. The molecule has 0 aliphatic carbocycles. The Morgan fingerprint density at radius 3 is 2.55 bits per heavy atom. The van der Waals surface area contributed by atoms with Crippen molar-refractivity contribution >= 4 is 32.4 Å². The summed E-state index contributed by atoms with van der Waals surface area (Å²) in [4.78, 5) is 17.7. The minimum atomic E-state index is -3.73. The molecule has 1 aliphatic rings. The van der Waals surface area contributed by atoms with Crippen LogP contribution in [0.5, 0.6) is 0 Å². The van der Waals surface area contributed by atoms with Crippen molar-refractivity contribution in [3.05, 3.63) is 65.0 Å². The van der Waals surface area contributed by atoms with E-state index in [-0.39, 0.29) is 10.8 Å². The number of hydrogen-bond acceptors (Lipinski definition) is 5. The van der Waals surface area contributed by atoms with Crippen LogP contribution in [-0.2, 0) is 21.2 Å². The fourth-order valence-electron chi connectivity index (χ4n) is 3.70. The molecule has 0 saturated carbocycles. The maximum Gasteiger partial charge on any atom is 0.244 e. The monoisotopic (exact) mass is 455 g/mol. The van der Waals surface area contributed by atoms with Crippen LogP contribution in [0.15, 0.2) is 58.8 Å². The van der Waals surface area contributed by atoms with Crippen molar-refractivity contribution in [2.45, 2.75) is 44.0 Å². The van der Waals surface area contributed by atoms with E-state index in [1.165, 1.54) is 21.2 Å². The molecule has 0 bridgehead atoms. The Morgan fingerprint density at radius 2 is 1.87 bits per heavy atom. The fraction of sp³-hybridized carbons (Fsp3) is 0.304. The van der Waals surface area contributed by atoms with E-state index in [0.29, 0.717) is 24.5 Å². The van der Waals surface area contributed by atoms with Gasteiger partial charge in [0.1, 0.15) is 6.04 Å². The number of carbonyl (C=O) groups excluding carboxylic acids is 1. The third-order valence-electron chi connectivity index (χ3n) is 5.53. The van der Waals surface area contributed by atoms with Gasteiger partial charge in [-0.05, 0) is 43.9 Å². The number of anilines is 1. The minimum Gasteiger partial charge on any atom is -0.301 e. The molecule has 2 heterocycles. The van der Waals surface area contributed by atoms with Gasteiger partial charge in [-0.3, -0.25) is 4.79 Å². The maximum absolute atomic E-state index is 13.1. The van der Waals surface area contributed by atoms with Gasteiger partial charge >= 0.3 is 0 Å². The van der Waals surface area contributed by atoms with Crippen LogP contribution < -0.4 is 5.32 Å². The van der Waals surface area contributed by atoms with Crippen molar-refractivity contribution in [3.63, 3.8) is 0 Å². The van der Waals surface area contributed by atoms with E-state index in [1.54, 1.807) is 24.3 Å². The molecule has 31 heavy (non-hydrogen) atoms. The molecule has 2 aromatic carbocycles. The summed E-state index contributed by atoms with van der Waals surface area (Å²) in [6.45, 7) is 4.35. The topological polar surface area (TPSA) is 79.4 Å². The fourth-order valence-corrected chi connectivity index (χ4v) is 6.08. The third-order valence-corrected chi connectivity index (χ3v) is 8.21. The first kappa shape index (κ1) is 21.7. The summed E-state index contributed by atoms with van der Waals surface area (Å²) in [7, 11) is -3.73. The van der Waals surface area contributed by atoms with Crippen LogP contribution >= 0.6 is 11.3 Å². The molecule has 1 aliphatic heterocycles. The number of thiazole rings is 1. The van der Waals surface area contributed by atoms with E-state index in [2.05, 4.69) is 29.4 Å². The van der Waals surface area contributed by atoms with Crippen LogP contribution in [0.25, 0.3) is 11.3 Å². The molecule has 0 radical (unpaired) electrons. The second kappa shape index (κ2) is 8.90. The number of aromatic nitrogens is 1. The first-order chi connectivity index (χ1) is 14.9. The van der Waals surface area contributed by atoms with Crippen molar-refractivity contribution in [1.82, 2.24) is 9.29 Å². The van der Waals surface area contributed by atoms with Crippen molar-refractivity contribution in [2.24, 2.45) is 0 Å². The first-order valence-electron chi connectivity index (χ1n) is 10.3. The lowest BCUT2D eigenvalue weighted by molar-refractivity contribution is -0.119. The number of sulfonamides is 1. The van der Waals surface area contributed by atoms with Crippen LogP contribution in [0.2, 0.25) is 0 Å². The Morgan fingerprint density at radius 1 is 1.16 bits per heavy atom. The van der Waals surface area contributed by atoms with Crippen molar-refractivity contribution in [3.8, 4) is 11.3 Å². The molecule has 1 N–H and O–H groups in total. The second-order valence-corrected chi connectivity index (χ2v) is 10.4. The summed E-state index contributed by atoms with van der Waals surface area (Å²) in [5.41, 5.74) is 4.01. The van der Waals surface area contributed by atoms with Crippen molar-refractivity contribution in [1.29, 1.82) is 0 Å². The smallest absolute Gasteiger partial charge is 0.244 e. The zero-order valence-corrected chi connectivity index (χ0v) is 19.2. The lowest BCUT2D eigenvalue weighted by Crippen LogP contribution is -2.43. The quantitative estimate of drug-likeness (QED) is 0.595. The van der Waals surface area contributed by atoms with E-state index < -0.39 is 16.1 Å². The van der Waals surface area contributed by atoms with Crippen molar-refractivity contribution < 1.29 is 13.2 Å². The number of hydrogen-bond donors (Lipinski definition) is 1. The summed E-state index contributed by atoms with van der Waals surface area (Å²) < 4.78 is 27.5. The van der Waals surface area contributed by atoms with E-state index in [1.807, 2.05) is 24.4 Å². The number of benzene rings is 2. The SMILES string of the molecule is CCc1ccc(-c2csc(NC(=O)C3CCCN3S(=O)(=O)c3ccc(C)cc3)n2)cc1. The van der Waals surface area contributed by atoms with E-state index in [9.17, 15) is 13.2 Å². The highest BCUT2D eigenvalue weighted by Crippen LogP contribution is 2.29. The number of nitrogens with zero attached hydrogens (tertiary/aromatic N) is 2. The third kappa shape index (κ3) is 4.56. The molecule has 4 rings (SSSR count). The van der Waals surface area contributed by atoms with Gasteiger partial charge in [0.15, 0.2) is 5.13 Å². The average molecular weight is 456 g/mol. The minimum absolute atomic E-state index is 0.213. The molecule has 1 unspecified atom stereocenters. The van der Waals surface area contributed by atoms with Gasteiger partial charge in [-0.2, -0.15) is 4.31 Å². The molecule has 3 aromatic rings. The van der Waals surface area contributed by atoms with Gasteiger partial charge in [0, 0.05) is 17.5 Å². The van der Waals surface area contributed by atoms with Crippen LogP contribution in [0, 0.1) is 6.92 Å². The predicted molar refractivity (Wildman–Crippen MR) is 124 cm³/mol. The molecule has 1 fully saturated rings. The van der Waals surface area contributed by atoms with E-state index in [4.69, 9.17) is 0 Å². The summed E-state index contributed by atoms with van der Waals surface area (Å²) in [5, 5.41) is 5.19. The number of aryl methyl sites for hydroxylation is 2. The number of rotatable bonds is 6. The molecule has 1 saturated heterocycles. The van der Waals surface area contributed by atoms with Gasteiger partial charge in [0.05, 0.1) is 10.6 Å². The second-order valence-electron chi connectivity index (χ2n) is 7.66. The Hall–Kier alpha value is -2.55. The van der Waals surface area contributed by atoms with Gasteiger partial charge in [-0.25, -0.2) is 13.4 Å². The number of amides is 1. The van der Waals surface area contributed by atoms with E-state index >= 15 is 0 Å². The summed E-state index contributed by atoms with van der Waals surface area (Å²) in [6.07, 6.45) is 2.12. The Labute approximate surface area is 187 Å². The molecule has 6 nitrogen and oxygen atoms in total. The highest BCUT2D eigenvalue weighted by Gasteiger charge is 2.39. The predicted octanol–water partition coefficient (Wildman–Crippen LogP) is 4.47. The summed E-state index contributed by atoms with van der Waals surface area (Å²) >= 11 is 1.34. The molecule has 0 spiro atoms. The lowest BCUT2D eigenvalue weighted by Gasteiger charge is -2.23. The standard InChI is InChI=1S/C23H25N3O3S2/c1-3-17-8-10-18(11-9-17)20-15-30-23(24-20)25-22(27)21-5-4-14-26(21)31(28,29)19-12-6-16(2)7-13-19/h6-13,15,21H,3-5,14H2,1-2H3,(H,24,25,27). The van der Waals surface area contributed by atoms with Crippen molar-refractivity contribution in [2.75, 3.05) is 11.9 Å². The Kier molecular flexibility index (Phi) is 6.22. The van der Waals surface area contributed by atoms with Crippen LogP contribution in [0.4, 0.5) is 5.13 Å². The highest BCUT2D eigenvalue weighted by molar-refractivity contribution is 7.89. The first-order valence-corrected chi connectivity index (χ1v) is 12.6. The molecule has 1 atom stereocenters. The van der Waals surface area contributed by atoms with Crippen LogP contribution in [0.1, 0.15) is 30.9 Å². The summed E-state index contributed by atoms with van der Waals surface area (Å²) in [6, 6.07) is 14.2. The van der Waals surface area contributed by atoms with Gasteiger partial charge in [-0.1, -0.05) is 48.9 Å². The average Bonchev–Trinajstić information content (AvgIpc) is 3.44. The van der Waals surface area contributed by atoms with Gasteiger partial charge in [0.2, 0.25) is 15.9 Å². The van der Waals surface area contributed by atoms with Crippen LogP contribution in [-0.4, -0.2) is 36.2 Å². The zero-order chi connectivity index (χ0) is 22.0. The summed E-state index contributed by atoms with van der Waals surface area (Å²) in [5.74, 6) is -0.338. The normalized spacial score (nSPS) is 17.0. The Balaban J connectivity index is 1.49. The van der Waals surface area contributed by atoms with Gasteiger partial charge in [0.25, 0.3) is 0 Å². The van der Waals surface area contributed by atoms with Gasteiger partial charge in [-0.15, -0.1) is 11.3 Å². The molecule has 1 aromatic heterocycles. The highest BCUT2D eigenvalue weighted by atomic mass is 32.2. The zero-order valence-electron chi connectivity index (χ0n) is 17.5. The van der Waals surface area contributed by atoms with Crippen LogP contribution in [0.3, 0.4) is 0 Å².